The van der Waals surface area contributed by atoms with Crippen LogP contribution in [0.4, 0.5) is 8.78 Å². The number of benzene rings is 1. The number of hydrogen-bond donors (Lipinski definition) is 1. The fourth-order valence-corrected chi connectivity index (χ4v) is 1.94. The van der Waals surface area contributed by atoms with Gasteiger partial charge in [-0.3, -0.25) is 0 Å². The van der Waals surface area contributed by atoms with E-state index >= 15 is 0 Å². The summed E-state index contributed by atoms with van der Waals surface area (Å²) in [5.41, 5.74) is 0.175. The van der Waals surface area contributed by atoms with Gasteiger partial charge in [0.05, 0.1) is 11.8 Å². The fourth-order valence-electron chi connectivity index (χ4n) is 1.94. The second-order valence-electron chi connectivity index (χ2n) is 6.02. The molecule has 0 spiro atoms. The van der Waals surface area contributed by atoms with Crippen molar-refractivity contribution in [1.82, 2.24) is 10.3 Å². The number of rotatable bonds is 5. The Hall–Kier alpha value is -1.75. The molecular formula is C16H20F2N2O. The molecule has 3 nitrogen and oxygen atoms in total. The van der Waals surface area contributed by atoms with Crippen molar-refractivity contribution in [3.05, 3.63) is 41.9 Å². The van der Waals surface area contributed by atoms with E-state index in [0.717, 1.165) is 31.2 Å². The van der Waals surface area contributed by atoms with Gasteiger partial charge in [0.25, 0.3) is 0 Å². The smallest absolute Gasteiger partial charge is 0.194 e. The summed E-state index contributed by atoms with van der Waals surface area (Å²) < 4.78 is 32.3. The summed E-state index contributed by atoms with van der Waals surface area (Å²) in [7, 11) is 0. The summed E-state index contributed by atoms with van der Waals surface area (Å²) in [6.07, 6.45) is 2.95. The van der Waals surface area contributed by atoms with Crippen molar-refractivity contribution >= 4 is 0 Å². The van der Waals surface area contributed by atoms with Gasteiger partial charge < -0.3 is 9.73 Å². The number of nitrogens with one attached hydrogen (secondary N) is 1. The average Bonchev–Trinajstić information content (AvgIpc) is 2.85. The largest absolute Gasteiger partial charge is 0.441 e. The molecule has 0 aliphatic carbocycles. The van der Waals surface area contributed by atoms with Crippen molar-refractivity contribution in [3.8, 4) is 11.3 Å². The topological polar surface area (TPSA) is 38.1 Å². The quantitative estimate of drug-likeness (QED) is 0.849. The highest BCUT2D eigenvalue weighted by atomic mass is 19.1. The lowest BCUT2D eigenvalue weighted by molar-refractivity contribution is 0.412. The van der Waals surface area contributed by atoms with Gasteiger partial charge in [0.2, 0.25) is 0 Å². The van der Waals surface area contributed by atoms with Crippen LogP contribution >= 0.6 is 0 Å². The summed E-state index contributed by atoms with van der Waals surface area (Å²) in [6, 6.07) is 3.27. The Morgan fingerprint density at radius 1 is 1.24 bits per heavy atom. The second-order valence-corrected chi connectivity index (χ2v) is 6.02. The SMILES string of the molecule is CC(C)(C)NCCCc1ncc(-c2cc(F)ccc2F)o1. The zero-order chi connectivity index (χ0) is 15.5. The predicted molar refractivity (Wildman–Crippen MR) is 77.9 cm³/mol. The molecule has 1 aromatic heterocycles. The minimum atomic E-state index is -0.520. The summed E-state index contributed by atoms with van der Waals surface area (Å²) in [5.74, 6) is -0.234. The molecule has 0 saturated heterocycles. The van der Waals surface area contributed by atoms with Crippen molar-refractivity contribution in [2.24, 2.45) is 0 Å². The van der Waals surface area contributed by atoms with Crippen LogP contribution in [-0.4, -0.2) is 17.1 Å². The average molecular weight is 294 g/mol. The highest BCUT2D eigenvalue weighted by Gasteiger charge is 2.12. The zero-order valence-corrected chi connectivity index (χ0v) is 12.5. The van der Waals surface area contributed by atoms with E-state index in [1.54, 1.807) is 0 Å². The van der Waals surface area contributed by atoms with Gasteiger partial charge in [-0.05, 0) is 51.9 Å². The highest BCUT2D eigenvalue weighted by molar-refractivity contribution is 5.57. The fraction of sp³-hybridized carbons (Fsp3) is 0.438. The van der Waals surface area contributed by atoms with Gasteiger partial charge in [0.15, 0.2) is 11.7 Å². The number of nitrogens with zero attached hydrogens (tertiary/aromatic N) is 1. The molecule has 0 unspecified atom stereocenters. The Kier molecular flexibility index (Phi) is 4.73. The second kappa shape index (κ2) is 6.35. The molecule has 0 amide bonds. The molecule has 0 atom stereocenters. The number of oxazole rings is 1. The number of halogens is 2. The van der Waals surface area contributed by atoms with Crippen molar-refractivity contribution in [1.29, 1.82) is 0 Å². The van der Waals surface area contributed by atoms with Crippen LogP contribution in [-0.2, 0) is 6.42 Å². The monoisotopic (exact) mass is 294 g/mol. The maximum absolute atomic E-state index is 13.6. The van der Waals surface area contributed by atoms with E-state index in [2.05, 4.69) is 31.1 Å². The molecule has 5 heteroatoms. The first-order valence-corrected chi connectivity index (χ1v) is 7.00. The van der Waals surface area contributed by atoms with Crippen molar-refractivity contribution < 1.29 is 13.2 Å². The summed E-state index contributed by atoms with van der Waals surface area (Å²) >= 11 is 0. The molecule has 0 bridgehead atoms. The van der Waals surface area contributed by atoms with Crippen molar-refractivity contribution in [2.75, 3.05) is 6.54 Å². The molecule has 0 saturated carbocycles. The first kappa shape index (κ1) is 15.6. The Labute approximate surface area is 123 Å². The van der Waals surface area contributed by atoms with E-state index in [4.69, 9.17) is 4.42 Å². The van der Waals surface area contributed by atoms with Gasteiger partial charge in [0.1, 0.15) is 11.6 Å². The molecule has 21 heavy (non-hydrogen) atoms. The van der Waals surface area contributed by atoms with Crippen LogP contribution in [0.15, 0.2) is 28.8 Å². The van der Waals surface area contributed by atoms with Crippen LogP contribution in [0.3, 0.4) is 0 Å². The molecule has 1 heterocycles. The van der Waals surface area contributed by atoms with E-state index in [-0.39, 0.29) is 16.9 Å². The Morgan fingerprint density at radius 3 is 2.71 bits per heavy atom. The molecule has 2 rings (SSSR count). The summed E-state index contributed by atoms with van der Waals surface area (Å²) in [6.45, 7) is 7.14. The van der Waals surface area contributed by atoms with E-state index < -0.39 is 11.6 Å². The van der Waals surface area contributed by atoms with Crippen LogP contribution in [0.5, 0.6) is 0 Å². The lowest BCUT2D eigenvalue weighted by Gasteiger charge is -2.20. The Morgan fingerprint density at radius 2 is 2.00 bits per heavy atom. The molecule has 1 aromatic carbocycles. The number of aromatic nitrogens is 1. The maximum atomic E-state index is 13.6. The molecule has 2 aromatic rings. The molecule has 0 radical (unpaired) electrons. The standard InChI is InChI=1S/C16H20F2N2O/c1-16(2,3)20-8-4-5-15-19-10-14(21-15)12-9-11(17)6-7-13(12)18/h6-7,9-10,20H,4-5,8H2,1-3H3. The zero-order valence-electron chi connectivity index (χ0n) is 12.5. The van der Waals surface area contributed by atoms with Crippen LogP contribution in [0.25, 0.3) is 11.3 Å². The van der Waals surface area contributed by atoms with E-state index in [1.165, 1.54) is 6.20 Å². The third-order valence-electron chi connectivity index (χ3n) is 2.97. The third kappa shape index (κ3) is 4.63. The van der Waals surface area contributed by atoms with Gasteiger partial charge in [-0.15, -0.1) is 0 Å². The normalized spacial score (nSPS) is 11.9. The van der Waals surface area contributed by atoms with Gasteiger partial charge in [0, 0.05) is 12.0 Å². The third-order valence-corrected chi connectivity index (χ3v) is 2.97. The van der Waals surface area contributed by atoms with E-state index in [0.29, 0.717) is 12.3 Å². The van der Waals surface area contributed by atoms with Crippen LogP contribution in [0, 0.1) is 11.6 Å². The molecule has 0 fully saturated rings. The van der Waals surface area contributed by atoms with Gasteiger partial charge in [-0.2, -0.15) is 0 Å². The molecule has 1 N–H and O–H groups in total. The summed E-state index contributed by atoms with van der Waals surface area (Å²) in [5, 5.41) is 3.37. The number of aryl methyl sites for hydroxylation is 1. The first-order valence-electron chi connectivity index (χ1n) is 7.00. The minimum absolute atomic E-state index is 0.0758. The Bertz CT molecular complexity index is 603. The summed E-state index contributed by atoms with van der Waals surface area (Å²) in [4.78, 5) is 4.11. The first-order chi connectivity index (χ1) is 9.85. The van der Waals surface area contributed by atoms with Gasteiger partial charge in [-0.25, -0.2) is 13.8 Å². The molecular weight excluding hydrogens is 274 g/mol. The van der Waals surface area contributed by atoms with E-state index in [1.807, 2.05) is 0 Å². The van der Waals surface area contributed by atoms with E-state index in [9.17, 15) is 8.78 Å². The molecule has 114 valence electrons. The molecule has 0 aliphatic heterocycles. The maximum Gasteiger partial charge on any atom is 0.194 e. The van der Waals surface area contributed by atoms with Gasteiger partial charge in [-0.1, -0.05) is 0 Å². The molecule has 0 aliphatic rings. The van der Waals surface area contributed by atoms with Crippen molar-refractivity contribution in [2.45, 2.75) is 39.2 Å². The lowest BCUT2D eigenvalue weighted by atomic mass is 10.1. The highest BCUT2D eigenvalue weighted by Crippen LogP contribution is 2.24. The number of hydrogen-bond acceptors (Lipinski definition) is 3. The lowest BCUT2D eigenvalue weighted by Crippen LogP contribution is -2.36. The van der Waals surface area contributed by atoms with Crippen LogP contribution in [0.2, 0.25) is 0 Å². The van der Waals surface area contributed by atoms with Crippen LogP contribution < -0.4 is 5.32 Å². The van der Waals surface area contributed by atoms with Gasteiger partial charge >= 0.3 is 0 Å². The Balaban J connectivity index is 1.97. The minimum Gasteiger partial charge on any atom is -0.441 e. The predicted octanol–water partition coefficient (Wildman–Crippen LogP) is 3.94. The van der Waals surface area contributed by atoms with Crippen molar-refractivity contribution in [3.63, 3.8) is 0 Å². The van der Waals surface area contributed by atoms with Crippen LogP contribution in [0.1, 0.15) is 33.1 Å².